The first-order valence-electron chi connectivity index (χ1n) is 12.8. The molecule has 2 N–H and O–H groups in total. The Hall–Kier alpha value is -3.64. The lowest BCUT2D eigenvalue weighted by Gasteiger charge is -2.38. The lowest BCUT2D eigenvalue weighted by atomic mass is 9.84. The second kappa shape index (κ2) is 8.79. The molecule has 0 unspecified atom stereocenters. The number of hydrogen-bond donors (Lipinski definition) is 2. The highest BCUT2D eigenvalue weighted by molar-refractivity contribution is 6.14. The third-order valence-corrected chi connectivity index (χ3v) is 7.47. The fourth-order valence-corrected chi connectivity index (χ4v) is 5.79. The van der Waals surface area contributed by atoms with Crippen molar-refractivity contribution in [3.05, 3.63) is 75.0 Å². The molecule has 1 aliphatic rings. The number of benzene rings is 4. The quantitative estimate of drug-likeness (QED) is 0.187. The minimum atomic E-state index is -0.161. The van der Waals surface area contributed by atoms with Crippen molar-refractivity contribution in [1.29, 1.82) is 0 Å². The highest BCUT2D eigenvalue weighted by Crippen LogP contribution is 2.31. The smallest absolute Gasteiger partial charge is 0.196 e. The van der Waals surface area contributed by atoms with E-state index in [1.165, 1.54) is 12.8 Å². The highest BCUT2D eigenvalue weighted by atomic mass is 16.3. The van der Waals surface area contributed by atoms with Crippen molar-refractivity contribution in [3.8, 4) is 0 Å². The molecular weight excluding hydrogens is 450 g/mol. The first-order valence-corrected chi connectivity index (χ1v) is 12.8. The van der Waals surface area contributed by atoms with E-state index in [1.54, 1.807) is 24.3 Å². The summed E-state index contributed by atoms with van der Waals surface area (Å²) in [5, 5.41) is 5.17. The topological polar surface area (TPSA) is 78.3 Å². The summed E-state index contributed by atoms with van der Waals surface area (Å²) in [6.07, 6.45) is 3.46. The molecule has 6 heteroatoms. The number of likely N-dealkylation sites (tertiary alicyclic amines) is 1. The predicted octanol–water partition coefficient (Wildman–Crippen LogP) is 5.86. The Labute approximate surface area is 208 Å². The van der Waals surface area contributed by atoms with Gasteiger partial charge in [0.2, 0.25) is 0 Å². The van der Waals surface area contributed by atoms with Gasteiger partial charge in [0, 0.05) is 35.6 Å². The fraction of sp³-hybridized carbons (Fsp3) is 0.333. The first kappa shape index (κ1) is 22.8. The van der Waals surface area contributed by atoms with Crippen LogP contribution in [0.25, 0.3) is 43.7 Å². The van der Waals surface area contributed by atoms with E-state index >= 15 is 0 Å². The van der Waals surface area contributed by atoms with Gasteiger partial charge >= 0.3 is 0 Å². The Balaban J connectivity index is 1.45. The molecule has 0 amide bonds. The van der Waals surface area contributed by atoms with E-state index in [0.29, 0.717) is 55.9 Å². The number of nitrogens with zero attached hydrogens (tertiary/aromatic N) is 1. The van der Waals surface area contributed by atoms with E-state index in [0.717, 1.165) is 31.6 Å². The predicted molar refractivity (Wildman–Crippen MR) is 148 cm³/mol. The molecule has 1 aromatic heterocycles. The molecule has 184 valence electrons. The van der Waals surface area contributed by atoms with Crippen LogP contribution in [0, 0.1) is 5.41 Å². The van der Waals surface area contributed by atoms with Crippen LogP contribution in [0.3, 0.4) is 0 Å². The van der Waals surface area contributed by atoms with Gasteiger partial charge in [0.05, 0.1) is 21.8 Å². The molecule has 0 saturated carbocycles. The Morgan fingerprint density at radius 3 is 2.47 bits per heavy atom. The number of aromatic nitrogens is 1. The largest absolute Gasteiger partial charge is 0.453 e. The molecule has 0 radical (unpaired) electrons. The number of para-hydroxylation sites is 2. The zero-order chi connectivity index (χ0) is 24.9. The molecule has 0 spiro atoms. The van der Waals surface area contributed by atoms with Crippen LogP contribution in [0.1, 0.15) is 33.1 Å². The van der Waals surface area contributed by atoms with Crippen molar-refractivity contribution < 1.29 is 4.42 Å². The summed E-state index contributed by atoms with van der Waals surface area (Å²) < 4.78 is 6.21. The van der Waals surface area contributed by atoms with E-state index < -0.39 is 0 Å². The number of piperidine rings is 1. The standard InChI is InChI=1S/C30H31N3O3/c1-30(2)13-7-15-33(18-30)16-8-14-31-22-17-24-27(32-21-11-5-6-12-23(21)36-24)26-25(22)28(34)19-9-3-4-10-20(19)29(26)35/h3-6,9-12,17,31-32H,7-8,13-16,18H2,1-2H3. The summed E-state index contributed by atoms with van der Waals surface area (Å²) in [4.78, 5) is 33.3. The van der Waals surface area contributed by atoms with Crippen LogP contribution in [0.15, 0.2) is 68.6 Å². The van der Waals surface area contributed by atoms with Crippen LogP contribution in [-0.2, 0) is 0 Å². The maximum Gasteiger partial charge on any atom is 0.196 e. The van der Waals surface area contributed by atoms with Crippen molar-refractivity contribution >= 4 is 49.4 Å². The molecule has 1 aliphatic heterocycles. The van der Waals surface area contributed by atoms with Crippen LogP contribution in [0.4, 0.5) is 5.69 Å². The number of rotatable bonds is 5. The molecule has 36 heavy (non-hydrogen) atoms. The number of H-pyrrole nitrogens is 1. The van der Waals surface area contributed by atoms with Gasteiger partial charge in [-0.3, -0.25) is 9.59 Å². The van der Waals surface area contributed by atoms with Gasteiger partial charge in [0.15, 0.2) is 22.0 Å². The Morgan fingerprint density at radius 1 is 0.972 bits per heavy atom. The molecule has 6 nitrogen and oxygen atoms in total. The number of fused-ring (bicyclic) bond motifs is 5. The minimum absolute atomic E-state index is 0.135. The van der Waals surface area contributed by atoms with Crippen molar-refractivity contribution in [2.75, 3.05) is 31.5 Å². The lowest BCUT2D eigenvalue weighted by molar-refractivity contribution is 0.117. The van der Waals surface area contributed by atoms with Gasteiger partial charge in [0.1, 0.15) is 0 Å². The Bertz CT molecular complexity index is 1730. The van der Waals surface area contributed by atoms with Crippen LogP contribution in [0.2, 0.25) is 0 Å². The van der Waals surface area contributed by atoms with E-state index in [2.05, 4.69) is 29.0 Å². The highest BCUT2D eigenvalue weighted by Gasteiger charge is 2.26. The molecule has 0 bridgehead atoms. The van der Waals surface area contributed by atoms with Gasteiger partial charge in [-0.15, -0.1) is 0 Å². The van der Waals surface area contributed by atoms with E-state index in [9.17, 15) is 9.59 Å². The maximum absolute atomic E-state index is 13.7. The van der Waals surface area contributed by atoms with Gasteiger partial charge in [-0.1, -0.05) is 50.2 Å². The van der Waals surface area contributed by atoms with Crippen molar-refractivity contribution in [2.45, 2.75) is 33.1 Å². The molecule has 5 aromatic rings. The van der Waals surface area contributed by atoms with Crippen LogP contribution in [-0.4, -0.2) is 36.1 Å². The summed E-state index contributed by atoms with van der Waals surface area (Å²) in [5.74, 6) is 0. The van der Waals surface area contributed by atoms with Gasteiger partial charge in [0.25, 0.3) is 0 Å². The van der Waals surface area contributed by atoms with Gasteiger partial charge < -0.3 is 19.6 Å². The zero-order valence-electron chi connectivity index (χ0n) is 20.8. The van der Waals surface area contributed by atoms with Gasteiger partial charge in [-0.2, -0.15) is 0 Å². The molecule has 2 heterocycles. The van der Waals surface area contributed by atoms with Gasteiger partial charge in [-0.25, -0.2) is 0 Å². The number of hydrogen-bond acceptors (Lipinski definition) is 5. The Kier molecular flexibility index (Phi) is 5.56. The average molecular weight is 482 g/mol. The number of nitrogens with one attached hydrogen (secondary N) is 2. The lowest BCUT2D eigenvalue weighted by Crippen LogP contribution is -2.40. The van der Waals surface area contributed by atoms with E-state index in [-0.39, 0.29) is 10.9 Å². The maximum atomic E-state index is 13.7. The number of aromatic amines is 1. The van der Waals surface area contributed by atoms with Gasteiger partial charge in [-0.05, 0) is 49.9 Å². The second-order valence-electron chi connectivity index (χ2n) is 10.8. The Morgan fingerprint density at radius 2 is 1.69 bits per heavy atom. The summed E-state index contributed by atoms with van der Waals surface area (Å²) in [5.41, 5.74) is 3.29. The van der Waals surface area contributed by atoms with Crippen LogP contribution < -0.4 is 16.2 Å². The molecule has 0 atom stereocenters. The summed E-state index contributed by atoms with van der Waals surface area (Å²) in [6, 6.07) is 16.5. The van der Waals surface area contributed by atoms with E-state index in [4.69, 9.17) is 4.42 Å². The van der Waals surface area contributed by atoms with Crippen molar-refractivity contribution in [2.24, 2.45) is 5.41 Å². The molecule has 6 rings (SSSR count). The normalized spacial score (nSPS) is 16.3. The SMILES string of the molecule is CC1(C)CCCN(CCCNc2cc3oc4ccccc4[nH]c3c3c(=O)c4ccccc4c(=O)c23)C1. The summed E-state index contributed by atoms with van der Waals surface area (Å²) in [7, 11) is 0. The molecule has 1 saturated heterocycles. The fourth-order valence-electron chi connectivity index (χ4n) is 5.79. The number of anilines is 1. The third-order valence-electron chi connectivity index (χ3n) is 7.47. The van der Waals surface area contributed by atoms with Crippen LogP contribution in [0.5, 0.6) is 0 Å². The monoisotopic (exact) mass is 481 g/mol. The van der Waals surface area contributed by atoms with E-state index in [1.807, 2.05) is 30.3 Å². The molecule has 0 aliphatic carbocycles. The zero-order valence-corrected chi connectivity index (χ0v) is 20.8. The van der Waals surface area contributed by atoms with Crippen molar-refractivity contribution in [1.82, 2.24) is 9.88 Å². The molecular formula is C30H31N3O3. The summed E-state index contributed by atoms with van der Waals surface area (Å²) in [6.45, 7) is 8.64. The average Bonchev–Trinajstić information content (AvgIpc) is 2.87. The first-order chi connectivity index (χ1) is 17.4. The molecule has 1 fully saturated rings. The van der Waals surface area contributed by atoms with Crippen LogP contribution >= 0.6 is 0 Å². The molecule has 4 aromatic carbocycles. The third kappa shape index (κ3) is 3.95. The summed E-state index contributed by atoms with van der Waals surface area (Å²) >= 11 is 0. The van der Waals surface area contributed by atoms with Crippen molar-refractivity contribution in [3.63, 3.8) is 0 Å². The minimum Gasteiger partial charge on any atom is -0.453 e. The second-order valence-corrected chi connectivity index (χ2v) is 10.8.